The Morgan fingerprint density at radius 1 is 0.179 bits per heavy atom. The third kappa shape index (κ3) is 15.5. The normalized spacial score (nSPS) is 12.1. The summed E-state index contributed by atoms with van der Waals surface area (Å²) in [6.45, 7) is 4.67. The molecule has 0 aliphatic heterocycles. The molecule has 0 atom stereocenters. The lowest BCUT2D eigenvalue weighted by atomic mass is 9.81. The summed E-state index contributed by atoms with van der Waals surface area (Å²) < 4.78 is 19.2. The molecule has 0 bridgehead atoms. The first-order valence-corrected chi connectivity index (χ1v) is 48.8. The smallest absolute Gasteiger partial charge is 0.0433 e. The van der Waals surface area contributed by atoms with Gasteiger partial charge in [0.15, 0.2) is 0 Å². The van der Waals surface area contributed by atoms with E-state index in [0.29, 0.717) is 0 Å². The van der Waals surface area contributed by atoms with Crippen LogP contribution in [0.3, 0.4) is 0 Å². The molecule has 5 heterocycles. The predicted molar refractivity (Wildman–Crippen MR) is 560 cm³/mol. The van der Waals surface area contributed by atoms with Crippen molar-refractivity contribution >= 4 is 259 Å². The molecular weight excluding hydrogens is 1920 g/mol. The molecule has 1 aliphatic rings. The Morgan fingerprint density at radius 2 is 0.520 bits per heavy atom. The van der Waals surface area contributed by atoms with E-state index < -0.39 is 0 Å². The number of halogens is 5. The number of fused-ring (bicyclic) bond motifs is 22. The van der Waals surface area contributed by atoms with Crippen LogP contribution in [-0.2, 0) is 5.41 Å². The first-order chi connectivity index (χ1) is 60.2. The number of thiophene rings is 5. The summed E-state index contributed by atoms with van der Waals surface area (Å²) in [5, 5.41) is 18.8. The average molecular weight is 1990 g/mol. The zero-order valence-corrected chi connectivity index (χ0v) is 78.5. The Kier molecular flexibility index (Phi) is 21.7. The van der Waals surface area contributed by atoms with E-state index in [1.165, 1.54) is 211 Å². The van der Waals surface area contributed by atoms with Crippen molar-refractivity contribution in [3.8, 4) is 77.9 Å². The van der Waals surface area contributed by atoms with E-state index in [2.05, 4.69) is 488 Å². The highest BCUT2D eigenvalue weighted by molar-refractivity contribution is 9.11. The second-order valence-corrected chi connectivity index (χ2v) is 41.5. The van der Waals surface area contributed by atoms with Gasteiger partial charge in [-0.2, -0.15) is 0 Å². The summed E-state index contributed by atoms with van der Waals surface area (Å²) >= 11 is 27.2. The van der Waals surface area contributed by atoms with Crippen LogP contribution in [0.2, 0.25) is 0 Å². The lowest BCUT2D eigenvalue weighted by Crippen LogP contribution is -2.15. The number of rotatable bonds is 6. The van der Waals surface area contributed by atoms with Gasteiger partial charge in [0.1, 0.15) is 0 Å². The van der Waals surface area contributed by atoms with Crippen molar-refractivity contribution in [2.24, 2.45) is 0 Å². The van der Waals surface area contributed by atoms with Crippen molar-refractivity contribution in [1.29, 1.82) is 0 Å². The summed E-state index contributed by atoms with van der Waals surface area (Å²) in [6, 6.07) is 143. The third-order valence-corrected chi connectivity index (χ3v) is 32.1. The van der Waals surface area contributed by atoms with Crippen LogP contribution in [0.4, 0.5) is 0 Å². The van der Waals surface area contributed by atoms with E-state index in [1.807, 2.05) is 56.7 Å². The van der Waals surface area contributed by atoms with Gasteiger partial charge in [0.05, 0.1) is 0 Å². The zero-order chi connectivity index (χ0) is 83.0. The van der Waals surface area contributed by atoms with Gasteiger partial charge in [-0.15, -0.1) is 56.7 Å². The molecule has 0 radical (unpaired) electrons. The topological polar surface area (TPSA) is 0 Å². The Balaban J connectivity index is 0.0000000954. The summed E-state index contributed by atoms with van der Waals surface area (Å²) in [6.07, 6.45) is 0. The summed E-state index contributed by atoms with van der Waals surface area (Å²) in [5.41, 5.74) is 20.7. The third-order valence-electron chi connectivity index (χ3n) is 23.7. The molecule has 0 fully saturated rings. The molecule has 19 aromatic carbocycles. The van der Waals surface area contributed by atoms with Gasteiger partial charge in [-0.25, -0.2) is 0 Å². The standard InChI is InChI=1S/C28H17BrS.C27H19BrS.C22H13BrS.2C18H11BrS/c29-23-9-4-8-21(16-23)19-6-3-7-20(15-19)22-12-14-27-26(17-22)25-13-11-18-5-1-2-10-24(18)28(25)30-27;1-27(2)23-14-17(7-10-19(23)20-11-9-18(28)15-24(20)27)16-8-12-26-22(13-16)21-5-3-4-6-25(21)29-26;23-17-9-5-14(6-10-17)16-8-11-20-19(13-16)22-18-4-2-1-3-15(18)7-12-21(22)24-20;19-14-5-3-4-12(10-14)13-8-9-18-16(11-13)15-6-1-2-7-17(15)20-18;19-13-10-8-12(9-11-13)14-5-3-6-16-15-4-1-2-7-17(15)20-18(14)16/h1-17H;3-15H,1-2H3;1-13H;2*1-11H. The molecule has 0 nitrogen and oxygen atoms in total. The first-order valence-electron chi connectivity index (χ1n) is 40.7. The van der Waals surface area contributed by atoms with E-state index in [4.69, 9.17) is 0 Å². The fraction of sp³-hybridized carbons (Fsp3) is 0.0265. The van der Waals surface area contributed by atoms with E-state index in [0.717, 1.165) is 22.4 Å². The Bertz CT molecular complexity index is 8240. The minimum Gasteiger partial charge on any atom is -0.135 e. The maximum absolute atomic E-state index is 3.65. The van der Waals surface area contributed by atoms with Crippen molar-refractivity contribution in [2.45, 2.75) is 19.3 Å². The quantitative estimate of drug-likeness (QED) is 0.156. The fourth-order valence-corrected chi connectivity index (χ4v) is 25.0. The molecule has 0 saturated carbocycles. The predicted octanol–water partition coefficient (Wildman–Crippen LogP) is 38.7. The molecule has 123 heavy (non-hydrogen) atoms. The van der Waals surface area contributed by atoms with Crippen LogP contribution in [0, 0.1) is 0 Å². The Labute approximate surface area is 775 Å². The number of benzene rings is 19. The second-order valence-electron chi connectivity index (χ2n) is 31.5. The zero-order valence-electron chi connectivity index (χ0n) is 66.5. The van der Waals surface area contributed by atoms with E-state index in [1.54, 1.807) is 0 Å². The van der Waals surface area contributed by atoms with Crippen molar-refractivity contribution in [3.63, 3.8) is 0 Å². The van der Waals surface area contributed by atoms with E-state index >= 15 is 0 Å². The van der Waals surface area contributed by atoms with Gasteiger partial charge in [0.2, 0.25) is 0 Å². The summed E-state index contributed by atoms with van der Waals surface area (Å²) in [5.74, 6) is 0. The van der Waals surface area contributed by atoms with Crippen LogP contribution in [0.25, 0.3) is 200 Å². The minimum atomic E-state index is 0.00361. The molecule has 0 amide bonds. The molecule has 588 valence electrons. The molecule has 25 rings (SSSR count). The Hall–Kier alpha value is -10.8. The first kappa shape index (κ1) is 79.4. The molecule has 0 spiro atoms. The van der Waals surface area contributed by atoms with Gasteiger partial charge in [-0.05, 0) is 256 Å². The van der Waals surface area contributed by atoms with Gasteiger partial charge in [0.25, 0.3) is 0 Å². The monoisotopic (exact) mass is 1980 g/mol. The highest BCUT2D eigenvalue weighted by Crippen LogP contribution is 2.52. The molecule has 0 unspecified atom stereocenters. The van der Waals surface area contributed by atoms with Crippen molar-refractivity contribution in [3.05, 3.63) is 428 Å². The van der Waals surface area contributed by atoms with Crippen LogP contribution < -0.4 is 0 Å². The van der Waals surface area contributed by atoms with Crippen LogP contribution >= 0.6 is 136 Å². The largest absolute Gasteiger partial charge is 0.135 e. The van der Waals surface area contributed by atoms with Gasteiger partial charge in [-0.3, -0.25) is 0 Å². The van der Waals surface area contributed by atoms with Gasteiger partial charge < -0.3 is 0 Å². The van der Waals surface area contributed by atoms with Crippen molar-refractivity contribution < 1.29 is 0 Å². The maximum atomic E-state index is 3.65. The highest BCUT2D eigenvalue weighted by Gasteiger charge is 2.36. The lowest BCUT2D eigenvalue weighted by Gasteiger charge is -2.22. The van der Waals surface area contributed by atoms with E-state index in [9.17, 15) is 0 Å². The van der Waals surface area contributed by atoms with Gasteiger partial charge >= 0.3 is 0 Å². The Morgan fingerprint density at radius 3 is 1.11 bits per heavy atom. The average Bonchev–Trinajstić information content (AvgIpc) is 1.58. The number of hydrogen-bond donors (Lipinski definition) is 0. The van der Waals surface area contributed by atoms with Gasteiger partial charge in [0, 0.05) is 129 Å². The minimum absolute atomic E-state index is 0.00361. The maximum Gasteiger partial charge on any atom is 0.0433 e. The SMILES string of the molecule is Brc1ccc(-c2ccc3sc4ccc5ccccc5c4c3c2)cc1.Brc1ccc(-c2cccc3c2sc2ccccc23)cc1.Brc1cccc(-c2ccc3sc4ccccc4c3c2)c1.Brc1cccc(-c2cccc(-c3ccc4sc5c6ccccc6ccc5c4c3)c2)c1.CC1(C)c2cc(Br)ccc2-c2ccc(-c3ccc4sc5ccccc5c4c3)cc21. The molecule has 10 heteroatoms. The second kappa shape index (κ2) is 33.7. The highest BCUT2D eigenvalue weighted by atomic mass is 79.9. The van der Waals surface area contributed by atoms with Crippen LogP contribution in [0.15, 0.2) is 417 Å². The summed E-state index contributed by atoms with van der Waals surface area (Å²) in [7, 11) is 0. The van der Waals surface area contributed by atoms with Crippen LogP contribution in [0.5, 0.6) is 0 Å². The van der Waals surface area contributed by atoms with E-state index in [-0.39, 0.29) is 5.41 Å². The molecule has 1 aliphatic carbocycles. The number of hydrogen-bond acceptors (Lipinski definition) is 5. The molecule has 24 aromatic rings. The van der Waals surface area contributed by atoms with Crippen LogP contribution in [-0.4, -0.2) is 0 Å². The summed E-state index contributed by atoms with van der Waals surface area (Å²) in [4.78, 5) is 0. The molecule has 5 aromatic heterocycles. The van der Waals surface area contributed by atoms with Crippen molar-refractivity contribution in [2.75, 3.05) is 0 Å². The molecular formula is C113H71Br5S5. The van der Waals surface area contributed by atoms with Crippen LogP contribution in [0.1, 0.15) is 25.0 Å². The molecule has 0 saturated heterocycles. The van der Waals surface area contributed by atoms with Crippen molar-refractivity contribution in [1.82, 2.24) is 0 Å². The lowest BCUT2D eigenvalue weighted by molar-refractivity contribution is 0.660. The van der Waals surface area contributed by atoms with Gasteiger partial charge in [-0.1, -0.05) is 342 Å². The fourth-order valence-electron chi connectivity index (χ4n) is 17.6. The molecule has 0 N–H and O–H groups in total.